The van der Waals surface area contributed by atoms with Crippen molar-refractivity contribution in [1.82, 2.24) is 0 Å². The molecule has 0 amide bonds. The largest absolute Gasteiger partial charge is 0.463 e. The molecule has 1 atom stereocenters. The van der Waals surface area contributed by atoms with Crippen molar-refractivity contribution in [3.63, 3.8) is 0 Å². The molecule has 0 N–H and O–H groups in total. The zero-order valence-electron chi connectivity index (χ0n) is 13.3. The Hall–Kier alpha value is -1.05. The first-order valence-corrected chi connectivity index (χ1v) is 7.43. The standard InChI is InChI=1S/C17H30O2/c1-6-19-17(18)13-16(5)12-8-11-15(4)10-7-9-14(2)3/h9,13,15H,6-8,10-12H2,1-5H3/b16-13+/t15-/m0/s1. The van der Waals surface area contributed by atoms with Gasteiger partial charge < -0.3 is 4.74 Å². The fraction of sp³-hybridized carbons (Fsp3) is 0.706. The van der Waals surface area contributed by atoms with Gasteiger partial charge in [0, 0.05) is 6.08 Å². The van der Waals surface area contributed by atoms with Gasteiger partial charge in [0.25, 0.3) is 0 Å². The van der Waals surface area contributed by atoms with E-state index in [-0.39, 0.29) is 5.97 Å². The van der Waals surface area contributed by atoms with Crippen LogP contribution >= 0.6 is 0 Å². The van der Waals surface area contributed by atoms with Gasteiger partial charge in [0.2, 0.25) is 0 Å². The van der Waals surface area contributed by atoms with Gasteiger partial charge in [-0.1, -0.05) is 30.6 Å². The van der Waals surface area contributed by atoms with E-state index in [1.807, 2.05) is 13.8 Å². The molecule has 0 aromatic heterocycles. The van der Waals surface area contributed by atoms with Crippen molar-refractivity contribution in [2.75, 3.05) is 6.61 Å². The van der Waals surface area contributed by atoms with Crippen molar-refractivity contribution >= 4 is 5.97 Å². The number of hydrogen-bond acceptors (Lipinski definition) is 2. The van der Waals surface area contributed by atoms with E-state index in [1.165, 1.54) is 24.8 Å². The third kappa shape index (κ3) is 11.8. The Morgan fingerprint density at radius 2 is 1.89 bits per heavy atom. The molecule has 0 rings (SSSR count). The Balaban J connectivity index is 3.77. The molecule has 2 heteroatoms. The van der Waals surface area contributed by atoms with Crippen LogP contribution in [0.4, 0.5) is 0 Å². The second kappa shape index (κ2) is 10.8. The van der Waals surface area contributed by atoms with Crippen LogP contribution in [-0.4, -0.2) is 12.6 Å². The Morgan fingerprint density at radius 1 is 1.21 bits per heavy atom. The molecule has 19 heavy (non-hydrogen) atoms. The Morgan fingerprint density at radius 3 is 2.47 bits per heavy atom. The molecule has 0 aliphatic heterocycles. The zero-order chi connectivity index (χ0) is 14.7. The zero-order valence-corrected chi connectivity index (χ0v) is 13.3. The summed E-state index contributed by atoms with van der Waals surface area (Å²) in [5.41, 5.74) is 2.52. The molecule has 0 bridgehead atoms. The molecule has 0 aliphatic carbocycles. The lowest BCUT2D eigenvalue weighted by Gasteiger charge is -2.10. The SMILES string of the molecule is CCOC(=O)/C=C(\C)CCC[C@@H](C)CCC=C(C)C. The molecule has 0 fully saturated rings. The summed E-state index contributed by atoms with van der Waals surface area (Å²) in [6, 6.07) is 0. The minimum atomic E-state index is -0.211. The second-order valence-corrected chi connectivity index (χ2v) is 5.60. The van der Waals surface area contributed by atoms with Crippen LogP contribution in [0.1, 0.15) is 66.7 Å². The summed E-state index contributed by atoms with van der Waals surface area (Å²) in [5.74, 6) is 0.544. The highest BCUT2D eigenvalue weighted by molar-refractivity contribution is 5.82. The molecule has 0 saturated heterocycles. The van der Waals surface area contributed by atoms with E-state index in [0.717, 1.165) is 24.3 Å². The molecule has 0 heterocycles. The maximum atomic E-state index is 11.3. The van der Waals surface area contributed by atoms with Crippen LogP contribution in [0.5, 0.6) is 0 Å². The predicted molar refractivity (Wildman–Crippen MR) is 82.1 cm³/mol. The van der Waals surface area contributed by atoms with Crippen LogP contribution in [0.25, 0.3) is 0 Å². The first kappa shape index (κ1) is 17.9. The second-order valence-electron chi connectivity index (χ2n) is 5.60. The molecule has 2 nitrogen and oxygen atoms in total. The van der Waals surface area contributed by atoms with Crippen LogP contribution in [0.15, 0.2) is 23.3 Å². The number of ether oxygens (including phenoxy) is 1. The minimum absolute atomic E-state index is 0.211. The molecule has 0 aliphatic rings. The summed E-state index contributed by atoms with van der Waals surface area (Å²) >= 11 is 0. The van der Waals surface area contributed by atoms with Gasteiger partial charge in [-0.3, -0.25) is 0 Å². The fourth-order valence-electron chi connectivity index (χ4n) is 1.99. The van der Waals surface area contributed by atoms with E-state index in [4.69, 9.17) is 4.74 Å². The molecule has 0 saturated carbocycles. The van der Waals surface area contributed by atoms with E-state index in [9.17, 15) is 4.79 Å². The normalized spacial score (nSPS) is 13.0. The summed E-state index contributed by atoms with van der Waals surface area (Å²) in [6.07, 6.45) is 9.74. The lowest BCUT2D eigenvalue weighted by molar-refractivity contribution is -0.137. The summed E-state index contributed by atoms with van der Waals surface area (Å²) in [4.78, 5) is 11.3. The van der Waals surface area contributed by atoms with Crippen molar-refractivity contribution in [2.45, 2.75) is 66.7 Å². The highest BCUT2D eigenvalue weighted by Gasteiger charge is 2.03. The minimum Gasteiger partial charge on any atom is -0.463 e. The van der Waals surface area contributed by atoms with Crippen LogP contribution in [0, 0.1) is 5.92 Å². The average Bonchev–Trinajstić information content (AvgIpc) is 2.28. The third-order valence-corrected chi connectivity index (χ3v) is 3.13. The predicted octanol–water partition coefficient (Wildman–Crippen LogP) is 5.05. The quantitative estimate of drug-likeness (QED) is 0.332. The molecule has 110 valence electrons. The molecule has 0 unspecified atom stereocenters. The van der Waals surface area contributed by atoms with Crippen LogP contribution in [0.3, 0.4) is 0 Å². The van der Waals surface area contributed by atoms with Gasteiger partial charge >= 0.3 is 5.97 Å². The first-order chi connectivity index (χ1) is 8.95. The summed E-state index contributed by atoms with van der Waals surface area (Å²) < 4.78 is 4.89. The van der Waals surface area contributed by atoms with Crippen LogP contribution in [0.2, 0.25) is 0 Å². The van der Waals surface area contributed by atoms with Crippen LogP contribution < -0.4 is 0 Å². The molecular formula is C17H30O2. The number of carbonyl (C=O) groups excluding carboxylic acids is 1. The van der Waals surface area contributed by atoms with E-state index < -0.39 is 0 Å². The number of hydrogen-bond donors (Lipinski definition) is 0. The van der Waals surface area contributed by atoms with Gasteiger partial charge in [-0.05, 0) is 59.3 Å². The first-order valence-electron chi connectivity index (χ1n) is 7.43. The molecular weight excluding hydrogens is 236 g/mol. The average molecular weight is 266 g/mol. The third-order valence-electron chi connectivity index (χ3n) is 3.13. The number of rotatable bonds is 9. The van der Waals surface area contributed by atoms with Gasteiger partial charge in [-0.25, -0.2) is 4.79 Å². The van der Waals surface area contributed by atoms with Gasteiger partial charge in [-0.2, -0.15) is 0 Å². The maximum Gasteiger partial charge on any atom is 0.330 e. The molecule has 0 radical (unpaired) electrons. The van der Waals surface area contributed by atoms with Crippen molar-refractivity contribution in [3.05, 3.63) is 23.3 Å². The van der Waals surface area contributed by atoms with E-state index in [0.29, 0.717) is 6.61 Å². The van der Waals surface area contributed by atoms with Gasteiger partial charge in [0.15, 0.2) is 0 Å². The van der Waals surface area contributed by atoms with E-state index in [1.54, 1.807) is 6.08 Å². The molecule has 0 aromatic carbocycles. The van der Waals surface area contributed by atoms with Crippen molar-refractivity contribution in [3.8, 4) is 0 Å². The molecule has 0 aromatic rings. The van der Waals surface area contributed by atoms with Gasteiger partial charge in [0.05, 0.1) is 6.61 Å². The number of esters is 1. The Kier molecular flexibility index (Phi) is 10.2. The highest BCUT2D eigenvalue weighted by Crippen LogP contribution is 2.17. The van der Waals surface area contributed by atoms with Crippen molar-refractivity contribution < 1.29 is 9.53 Å². The summed E-state index contributed by atoms with van der Waals surface area (Å²) in [6.45, 7) is 10.9. The smallest absolute Gasteiger partial charge is 0.330 e. The van der Waals surface area contributed by atoms with Crippen LogP contribution in [-0.2, 0) is 9.53 Å². The monoisotopic (exact) mass is 266 g/mol. The highest BCUT2D eigenvalue weighted by atomic mass is 16.5. The summed E-state index contributed by atoms with van der Waals surface area (Å²) in [5, 5.41) is 0. The maximum absolute atomic E-state index is 11.3. The number of allylic oxidation sites excluding steroid dienone is 3. The Bertz CT molecular complexity index is 309. The molecule has 0 spiro atoms. The topological polar surface area (TPSA) is 26.3 Å². The number of carbonyl (C=O) groups is 1. The van der Waals surface area contributed by atoms with E-state index in [2.05, 4.69) is 26.8 Å². The Labute approximate surface area is 118 Å². The van der Waals surface area contributed by atoms with Gasteiger partial charge in [0.1, 0.15) is 0 Å². The van der Waals surface area contributed by atoms with Gasteiger partial charge in [-0.15, -0.1) is 0 Å². The van der Waals surface area contributed by atoms with Crippen molar-refractivity contribution in [1.29, 1.82) is 0 Å². The lowest BCUT2D eigenvalue weighted by atomic mass is 9.97. The fourth-order valence-corrected chi connectivity index (χ4v) is 1.99. The van der Waals surface area contributed by atoms with E-state index >= 15 is 0 Å². The summed E-state index contributed by atoms with van der Waals surface area (Å²) in [7, 11) is 0. The lowest BCUT2D eigenvalue weighted by Crippen LogP contribution is -2.00. The van der Waals surface area contributed by atoms with Crippen molar-refractivity contribution in [2.24, 2.45) is 5.92 Å².